The molecule has 0 saturated carbocycles. The number of carbonyl (C=O) groups is 2. The second-order valence-electron chi connectivity index (χ2n) is 4.99. The molecule has 7 nitrogen and oxygen atoms in total. The lowest BCUT2D eigenvalue weighted by Gasteiger charge is -2.23. The summed E-state index contributed by atoms with van der Waals surface area (Å²) in [7, 11) is 0. The fraction of sp³-hybridized carbons (Fsp3) is 0.429. The Hall–Kier alpha value is -1.83. The predicted molar refractivity (Wildman–Crippen MR) is 82.1 cm³/mol. The number of nitrogens with two attached hydrogens (primary N) is 1. The molecule has 3 rings (SSSR count). The maximum atomic E-state index is 11.7. The maximum absolute atomic E-state index is 11.7. The summed E-state index contributed by atoms with van der Waals surface area (Å²) in [4.78, 5) is 25.0. The number of amides is 2. The van der Waals surface area contributed by atoms with E-state index in [9.17, 15) is 9.59 Å². The van der Waals surface area contributed by atoms with Crippen LogP contribution in [-0.4, -0.2) is 44.3 Å². The molecular formula is C14H18ClN3O4. The largest absolute Gasteiger partial charge is 0.443 e. The van der Waals surface area contributed by atoms with Gasteiger partial charge in [-0.1, -0.05) is 12.1 Å². The third-order valence-corrected chi connectivity index (χ3v) is 3.57. The van der Waals surface area contributed by atoms with E-state index in [2.05, 4.69) is 5.32 Å². The zero-order chi connectivity index (χ0) is 14.8. The number of hydrogen-bond acceptors (Lipinski definition) is 5. The van der Waals surface area contributed by atoms with Crippen molar-refractivity contribution in [1.82, 2.24) is 5.32 Å². The van der Waals surface area contributed by atoms with E-state index >= 15 is 0 Å². The van der Waals surface area contributed by atoms with Crippen LogP contribution in [0.4, 0.5) is 10.5 Å². The number of nitrogens with zero attached hydrogens (tertiary/aromatic N) is 1. The van der Waals surface area contributed by atoms with Crippen molar-refractivity contribution in [1.29, 1.82) is 0 Å². The molecule has 1 unspecified atom stereocenters. The van der Waals surface area contributed by atoms with Crippen molar-refractivity contribution >= 4 is 30.1 Å². The number of hydrogen-bond donors (Lipinski definition) is 2. The molecular weight excluding hydrogens is 310 g/mol. The molecule has 0 spiro atoms. The monoisotopic (exact) mass is 327 g/mol. The number of anilines is 1. The zero-order valence-electron chi connectivity index (χ0n) is 11.9. The Morgan fingerprint density at radius 1 is 1.27 bits per heavy atom. The first kappa shape index (κ1) is 16.5. The second-order valence-corrected chi connectivity index (χ2v) is 4.99. The normalized spacial score (nSPS) is 24.5. The molecule has 0 radical (unpaired) electrons. The second kappa shape index (κ2) is 6.95. The van der Waals surface area contributed by atoms with Gasteiger partial charge in [-0.2, -0.15) is 0 Å². The van der Waals surface area contributed by atoms with Gasteiger partial charge in [0.1, 0.15) is 6.10 Å². The third-order valence-electron chi connectivity index (χ3n) is 3.57. The number of halogens is 1. The Labute approximate surface area is 134 Å². The van der Waals surface area contributed by atoms with Gasteiger partial charge in [0.25, 0.3) is 5.91 Å². The van der Waals surface area contributed by atoms with Gasteiger partial charge >= 0.3 is 6.09 Å². The average molecular weight is 328 g/mol. The average Bonchev–Trinajstić information content (AvgIpc) is 2.89. The van der Waals surface area contributed by atoms with Gasteiger partial charge in [-0.25, -0.2) is 4.79 Å². The predicted octanol–water partition coefficient (Wildman–Crippen LogP) is 0.580. The van der Waals surface area contributed by atoms with Crippen molar-refractivity contribution in [3.8, 4) is 0 Å². The fourth-order valence-electron chi connectivity index (χ4n) is 2.45. The van der Waals surface area contributed by atoms with Crippen molar-refractivity contribution < 1.29 is 19.1 Å². The van der Waals surface area contributed by atoms with Crippen LogP contribution in [0.25, 0.3) is 0 Å². The van der Waals surface area contributed by atoms with Crippen LogP contribution in [0.2, 0.25) is 0 Å². The Bertz CT molecular complexity index is 552. The molecule has 2 aliphatic rings. The third kappa shape index (κ3) is 3.16. The summed E-state index contributed by atoms with van der Waals surface area (Å²) >= 11 is 0. The molecule has 22 heavy (non-hydrogen) atoms. The Morgan fingerprint density at radius 3 is 2.59 bits per heavy atom. The number of morpholine rings is 1. The minimum absolute atomic E-state index is 0. The highest BCUT2D eigenvalue weighted by atomic mass is 35.5. The van der Waals surface area contributed by atoms with E-state index in [-0.39, 0.29) is 24.4 Å². The van der Waals surface area contributed by atoms with Crippen LogP contribution < -0.4 is 16.0 Å². The standard InChI is InChI=1S/C14H17N3O4.ClH/c15-7-11-8-17(14(19)21-11)10-3-1-9(2-4-10)12-13(18)16-5-6-20-12;/h1-4,11-12H,5-8,15H2,(H,16,18);1H/t11-,12?;/m0./s1. The lowest BCUT2D eigenvalue weighted by Crippen LogP contribution is -2.39. The summed E-state index contributed by atoms with van der Waals surface area (Å²) in [5.74, 6) is -0.141. The zero-order valence-corrected chi connectivity index (χ0v) is 12.7. The minimum Gasteiger partial charge on any atom is -0.443 e. The summed E-state index contributed by atoms with van der Waals surface area (Å²) in [6, 6.07) is 7.13. The van der Waals surface area contributed by atoms with E-state index in [1.54, 1.807) is 24.3 Å². The highest BCUT2D eigenvalue weighted by Gasteiger charge is 2.31. The molecule has 1 aromatic rings. The highest BCUT2D eigenvalue weighted by molar-refractivity contribution is 5.90. The number of benzene rings is 1. The number of ether oxygens (including phenoxy) is 2. The van der Waals surface area contributed by atoms with Crippen LogP contribution in [0.3, 0.4) is 0 Å². The van der Waals surface area contributed by atoms with Crippen LogP contribution in [0.5, 0.6) is 0 Å². The van der Waals surface area contributed by atoms with Crippen LogP contribution in [-0.2, 0) is 14.3 Å². The minimum atomic E-state index is -0.588. The van der Waals surface area contributed by atoms with Crippen molar-refractivity contribution in [3.63, 3.8) is 0 Å². The molecule has 2 atom stereocenters. The number of carbonyl (C=O) groups excluding carboxylic acids is 2. The molecule has 8 heteroatoms. The van der Waals surface area contributed by atoms with E-state index < -0.39 is 12.2 Å². The number of cyclic esters (lactones) is 1. The van der Waals surface area contributed by atoms with Crippen LogP contribution in [0, 0.1) is 0 Å². The van der Waals surface area contributed by atoms with Crippen LogP contribution in [0.15, 0.2) is 24.3 Å². The topological polar surface area (TPSA) is 93.9 Å². The summed E-state index contributed by atoms with van der Waals surface area (Å²) in [5.41, 5.74) is 6.99. The van der Waals surface area contributed by atoms with E-state index in [4.69, 9.17) is 15.2 Å². The number of rotatable bonds is 3. The van der Waals surface area contributed by atoms with Crippen molar-refractivity contribution in [2.24, 2.45) is 5.73 Å². The summed E-state index contributed by atoms with van der Waals surface area (Å²) in [6.45, 7) is 1.77. The van der Waals surface area contributed by atoms with E-state index in [0.717, 1.165) is 11.3 Å². The van der Waals surface area contributed by atoms with Crippen molar-refractivity contribution in [2.75, 3.05) is 31.1 Å². The Morgan fingerprint density at radius 2 is 2.00 bits per heavy atom. The summed E-state index contributed by atoms with van der Waals surface area (Å²) < 4.78 is 10.6. The molecule has 0 aliphatic carbocycles. The SMILES string of the molecule is Cl.NC[C@H]1CN(c2ccc(C3OCCNC3=O)cc2)C(=O)O1. The van der Waals surface area contributed by atoms with E-state index in [1.165, 1.54) is 4.90 Å². The molecule has 2 saturated heterocycles. The molecule has 2 heterocycles. The first-order valence-corrected chi connectivity index (χ1v) is 6.86. The Balaban J connectivity index is 0.00000176. The van der Waals surface area contributed by atoms with Gasteiger partial charge in [-0.3, -0.25) is 9.69 Å². The lowest BCUT2D eigenvalue weighted by molar-refractivity contribution is -0.138. The van der Waals surface area contributed by atoms with Gasteiger partial charge in [0.15, 0.2) is 6.10 Å². The molecule has 3 N–H and O–H groups in total. The molecule has 2 fully saturated rings. The molecule has 0 aromatic heterocycles. The first-order valence-electron chi connectivity index (χ1n) is 6.86. The van der Waals surface area contributed by atoms with Gasteiger partial charge in [0.05, 0.1) is 13.2 Å². The smallest absolute Gasteiger partial charge is 0.414 e. The molecule has 120 valence electrons. The summed E-state index contributed by atoms with van der Waals surface area (Å²) in [5, 5.41) is 2.76. The lowest BCUT2D eigenvalue weighted by atomic mass is 10.1. The van der Waals surface area contributed by atoms with Gasteiger partial charge in [-0.05, 0) is 17.7 Å². The molecule has 1 aromatic carbocycles. The number of nitrogens with one attached hydrogen (secondary N) is 1. The van der Waals surface area contributed by atoms with Crippen molar-refractivity contribution in [3.05, 3.63) is 29.8 Å². The van der Waals surface area contributed by atoms with Gasteiger partial charge < -0.3 is 20.5 Å². The van der Waals surface area contributed by atoms with Gasteiger partial charge in [0, 0.05) is 18.8 Å². The molecule has 0 bridgehead atoms. The maximum Gasteiger partial charge on any atom is 0.414 e. The van der Waals surface area contributed by atoms with Crippen molar-refractivity contribution in [2.45, 2.75) is 12.2 Å². The van der Waals surface area contributed by atoms with Crippen LogP contribution >= 0.6 is 12.4 Å². The Kier molecular flexibility index (Phi) is 5.23. The quantitative estimate of drug-likeness (QED) is 0.847. The van der Waals surface area contributed by atoms with Crippen LogP contribution in [0.1, 0.15) is 11.7 Å². The molecule has 2 aliphatic heterocycles. The van der Waals surface area contributed by atoms with Gasteiger partial charge in [0.2, 0.25) is 0 Å². The van der Waals surface area contributed by atoms with E-state index in [0.29, 0.717) is 26.2 Å². The van der Waals surface area contributed by atoms with Gasteiger partial charge in [-0.15, -0.1) is 12.4 Å². The molecule has 2 amide bonds. The fourth-order valence-corrected chi connectivity index (χ4v) is 2.45. The highest BCUT2D eigenvalue weighted by Crippen LogP contribution is 2.25. The summed E-state index contributed by atoms with van der Waals surface area (Å²) in [6.07, 6.45) is -1.26. The first-order chi connectivity index (χ1) is 10.2. The van der Waals surface area contributed by atoms with E-state index in [1.807, 2.05) is 0 Å².